The van der Waals surface area contributed by atoms with Crippen LogP contribution < -0.4 is 0 Å². The highest BCUT2D eigenvalue weighted by Gasteiger charge is 2.16. The number of hydrogen-bond acceptors (Lipinski definition) is 4. The fourth-order valence-electron chi connectivity index (χ4n) is 2.17. The molecule has 0 radical (unpaired) electrons. The van der Waals surface area contributed by atoms with Crippen LogP contribution in [0.5, 0.6) is 0 Å². The van der Waals surface area contributed by atoms with Crippen LogP contribution in [0.1, 0.15) is 23.5 Å². The van der Waals surface area contributed by atoms with Crippen LogP contribution in [0, 0.1) is 5.92 Å². The van der Waals surface area contributed by atoms with Gasteiger partial charge in [0.2, 0.25) is 0 Å². The number of nitrogens with zero attached hydrogens (tertiary/aromatic N) is 1. The van der Waals surface area contributed by atoms with Crippen LogP contribution >= 0.6 is 18.5 Å². The van der Waals surface area contributed by atoms with Crippen molar-refractivity contribution in [2.75, 3.05) is 32.7 Å². The van der Waals surface area contributed by atoms with Crippen molar-refractivity contribution in [2.24, 2.45) is 5.92 Å². The number of thiazole rings is 1. The van der Waals surface area contributed by atoms with Gasteiger partial charge in [0, 0.05) is 31.2 Å². The lowest BCUT2D eigenvalue weighted by atomic mass is 9.95. The largest absolute Gasteiger partial charge is 0.381 e. The molecule has 0 N–H and O–H groups in total. The highest BCUT2D eigenvalue weighted by atomic mass is 32.1. The molecule has 0 saturated carbocycles. The van der Waals surface area contributed by atoms with E-state index in [1.807, 2.05) is 13.3 Å². The molecular weight excluding hydrogens is 265 g/mol. The number of hydrogen-bond donors (Lipinski definition) is 0. The smallest absolute Gasteiger partial charge is 0.0932 e. The normalized spacial score (nSPS) is 18.1. The predicted octanol–water partition coefficient (Wildman–Crippen LogP) is 3.28. The zero-order valence-electron chi connectivity index (χ0n) is 11.2. The van der Waals surface area contributed by atoms with E-state index in [9.17, 15) is 4.57 Å². The van der Waals surface area contributed by atoms with Crippen LogP contribution in [-0.2, 0) is 22.1 Å². The molecule has 1 aromatic heterocycles. The molecule has 2 rings (SSSR count). The monoisotopic (exact) mass is 287 g/mol. The zero-order chi connectivity index (χ0) is 13.0. The quantitative estimate of drug-likeness (QED) is 0.780. The second-order valence-electron chi connectivity index (χ2n) is 5.54. The molecule has 1 aromatic rings. The van der Waals surface area contributed by atoms with Crippen molar-refractivity contribution in [3.05, 3.63) is 16.1 Å². The Morgan fingerprint density at radius 1 is 1.44 bits per heavy atom. The van der Waals surface area contributed by atoms with Crippen LogP contribution in [0.3, 0.4) is 0 Å². The average Bonchev–Trinajstić information content (AvgIpc) is 2.75. The van der Waals surface area contributed by atoms with Crippen LogP contribution in [0.2, 0.25) is 0 Å². The summed E-state index contributed by atoms with van der Waals surface area (Å²) in [6, 6.07) is 0. The van der Waals surface area contributed by atoms with Crippen molar-refractivity contribution in [3.8, 4) is 0 Å². The third-order valence-electron chi connectivity index (χ3n) is 3.30. The van der Waals surface area contributed by atoms with Crippen molar-refractivity contribution in [1.29, 1.82) is 0 Å². The lowest BCUT2D eigenvalue weighted by Gasteiger charge is -2.20. The Hall–Kier alpha value is -0.180. The standard InChI is InChI=1S/C13H22NO2PS/c1-17(2,15)8-5-13-14-12(10-18-13)9-11-3-6-16-7-4-11/h10-11H,3-9H2,1-2H3. The lowest BCUT2D eigenvalue weighted by Crippen LogP contribution is -2.17. The molecule has 1 aliphatic heterocycles. The summed E-state index contributed by atoms with van der Waals surface area (Å²) in [7, 11) is -1.91. The Bertz CT molecular complexity index is 420. The molecule has 3 nitrogen and oxygen atoms in total. The summed E-state index contributed by atoms with van der Waals surface area (Å²) in [4.78, 5) is 4.66. The highest BCUT2D eigenvalue weighted by molar-refractivity contribution is 7.62. The molecule has 0 aliphatic carbocycles. The van der Waals surface area contributed by atoms with E-state index in [1.165, 1.54) is 5.69 Å². The molecule has 5 heteroatoms. The van der Waals surface area contributed by atoms with E-state index < -0.39 is 7.14 Å². The highest BCUT2D eigenvalue weighted by Crippen LogP contribution is 2.36. The van der Waals surface area contributed by atoms with E-state index in [0.717, 1.165) is 56.0 Å². The van der Waals surface area contributed by atoms with Crippen molar-refractivity contribution in [3.63, 3.8) is 0 Å². The maximum atomic E-state index is 11.7. The molecule has 0 spiro atoms. The van der Waals surface area contributed by atoms with Gasteiger partial charge in [0.05, 0.1) is 17.8 Å². The number of ether oxygens (including phenoxy) is 1. The van der Waals surface area contributed by atoms with Gasteiger partial charge in [0.1, 0.15) is 0 Å². The molecular formula is C13H22NO2PS. The van der Waals surface area contributed by atoms with Crippen LogP contribution in [-0.4, -0.2) is 37.7 Å². The first-order valence-corrected chi connectivity index (χ1v) is 10.2. The average molecular weight is 287 g/mol. The Kier molecular flexibility index (Phi) is 4.99. The first kappa shape index (κ1) is 14.2. The van der Waals surface area contributed by atoms with E-state index in [1.54, 1.807) is 11.3 Å². The van der Waals surface area contributed by atoms with E-state index in [-0.39, 0.29) is 0 Å². The van der Waals surface area contributed by atoms with Crippen LogP contribution in [0.4, 0.5) is 0 Å². The summed E-state index contributed by atoms with van der Waals surface area (Å²) < 4.78 is 17.0. The second-order valence-corrected chi connectivity index (χ2v) is 10.1. The summed E-state index contributed by atoms with van der Waals surface area (Å²) in [5.74, 6) is 0.733. The fraction of sp³-hybridized carbons (Fsp3) is 0.769. The predicted molar refractivity (Wildman–Crippen MR) is 77.4 cm³/mol. The summed E-state index contributed by atoms with van der Waals surface area (Å²) in [6.07, 6.45) is 5.04. The summed E-state index contributed by atoms with van der Waals surface area (Å²) >= 11 is 1.72. The molecule has 0 amide bonds. The molecule has 102 valence electrons. The van der Waals surface area contributed by atoms with Crippen molar-refractivity contribution < 1.29 is 9.30 Å². The minimum absolute atomic E-state index is 0.733. The number of aromatic nitrogens is 1. The van der Waals surface area contributed by atoms with Gasteiger partial charge in [-0.25, -0.2) is 4.98 Å². The van der Waals surface area contributed by atoms with Gasteiger partial charge in [-0.1, -0.05) is 0 Å². The zero-order valence-corrected chi connectivity index (χ0v) is 12.9. The molecule has 0 bridgehead atoms. The van der Waals surface area contributed by atoms with Gasteiger partial charge >= 0.3 is 0 Å². The van der Waals surface area contributed by atoms with Gasteiger partial charge < -0.3 is 9.30 Å². The maximum absolute atomic E-state index is 11.7. The SMILES string of the molecule is CP(C)(=O)CCc1nc(CC2CCOCC2)cs1. The van der Waals surface area contributed by atoms with Gasteiger partial charge in [0.25, 0.3) is 0 Å². The molecule has 18 heavy (non-hydrogen) atoms. The Morgan fingerprint density at radius 3 is 2.83 bits per heavy atom. The number of aryl methyl sites for hydroxylation is 1. The molecule has 0 unspecified atom stereocenters. The van der Waals surface area contributed by atoms with Crippen molar-refractivity contribution in [2.45, 2.75) is 25.7 Å². The summed E-state index contributed by atoms with van der Waals surface area (Å²) in [5.41, 5.74) is 1.21. The Labute approximate surface area is 113 Å². The summed E-state index contributed by atoms with van der Waals surface area (Å²) in [5, 5.41) is 3.31. The van der Waals surface area contributed by atoms with Gasteiger partial charge in [-0.15, -0.1) is 11.3 Å². The van der Waals surface area contributed by atoms with Crippen molar-refractivity contribution >= 4 is 18.5 Å². The van der Waals surface area contributed by atoms with E-state index in [4.69, 9.17) is 4.74 Å². The topological polar surface area (TPSA) is 39.2 Å². The third-order valence-corrected chi connectivity index (χ3v) is 5.56. The second kappa shape index (κ2) is 6.31. The minimum atomic E-state index is -1.91. The van der Waals surface area contributed by atoms with E-state index in [2.05, 4.69) is 10.4 Å². The Balaban J connectivity index is 1.83. The maximum Gasteiger partial charge on any atom is 0.0932 e. The minimum Gasteiger partial charge on any atom is -0.381 e. The van der Waals surface area contributed by atoms with Crippen LogP contribution in [0.25, 0.3) is 0 Å². The molecule has 0 aromatic carbocycles. The molecule has 1 aliphatic rings. The summed E-state index contributed by atoms with van der Waals surface area (Å²) in [6.45, 7) is 5.50. The third kappa shape index (κ3) is 4.83. The molecule has 1 fully saturated rings. The molecule has 0 atom stereocenters. The van der Waals surface area contributed by atoms with Gasteiger partial charge in [-0.3, -0.25) is 0 Å². The lowest BCUT2D eigenvalue weighted by molar-refractivity contribution is 0.0663. The first-order valence-electron chi connectivity index (χ1n) is 6.58. The molecule has 1 saturated heterocycles. The van der Waals surface area contributed by atoms with Crippen molar-refractivity contribution in [1.82, 2.24) is 4.98 Å². The van der Waals surface area contributed by atoms with E-state index in [0.29, 0.717) is 0 Å². The van der Waals surface area contributed by atoms with Gasteiger partial charge in [-0.05, 0) is 38.5 Å². The first-order chi connectivity index (χ1) is 8.53. The van der Waals surface area contributed by atoms with Crippen LogP contribution in [0.15, 0.2) is 5.38 Å². The fourth-order valence-corrected chi connectivity index (χ4v) is 3.88. The molecule has 2 heterocycles. The van der Waals surface area contributed by atoms with E-state index >= 15 is 0 Å². The Morgan fingerprint density at radius 2 is 2.17 bits per heavy atom. The van der Waals surface area contributed by atoms with Gasteiger partial charge in [0.15, 0.2) is 0 Å². The number of rotatable bonds is 5. The van der Waals surface area contributed by atoms with Gasteiger partial charge in [-0.2, -0.15) is 0 Å².